The average Bonchev–Trinajstić information content (AvgIpc) is 3.28. The number of nitrogens with one attached hydrogen (secondary N) is 1. The van der Waals surface area contributed by atoms with Gasteiger partial charge >= 0.3 is 5.97 Å². The maximum atomic E-state index is 13.1. The van der Waals surface area contributed by atoms with Crippen molar-refractivity contribution in [3.63, 3.8) is 0 Å². The number of nitrogens with zero attached hydrogens (tertiary/aromatic N) is 3. The number of anilines is 2. The minimum atomic E-state index is -0.428. The van der Waals surface area contributed by atoms with Crippen LogP contribution in [-0.4, -0.2) is 61.1 Å². The molecule has 1 aromatic heterocycles. The lowest BCUT2D eigenvalue weighted by Gasteiger charge is -2.42. The number of quaternary nitrogens is 1. The first-order valence-electron chi connectivity index (χ1n) is 17.0. The summed E-state index contributed by atoms with van der Waals surface area (Å²) in [6, 6.07) is 10.5. The molecule has 0 atom stereocenters. The molecule has 2 aromatic rings. The number of hydrogen-bond acceptors (Lipinski definition) is 6. The summed E-state index contributed by atoms with van der Waals surface area (Å²) in [6.45, 7) is 12.6. The molecule has 0 radical (unpaired) electrons. The number of halogens is 1. The molecule has 0 amide bonds. The van der Waals surface area contributed by atoms with Crippen LogP contribution in [0.5, 0.6) is 0 Å². The molecule has 6 nitrogen and oxygen atoms in total. The summed E-state index contributed by atoms with van der Waals surface area (Å²) in [5.41, 5.74) is 2.78. The van der Waals surface area contributed by atoms with Gasteiger partial charge in [0.05, 0.1) is 55.6 Å². The maximum absolute atomic E-state index is 13.1. The molecule has 4 rings (SSSR count). The van der Waals surface area contributed by atoms with Crippen LogP contribution >= 0.6 is 11.3 Å². The van der Waals surface area contributed by atoms with E-state index in [2.05, 4.69) is 69.2 Å². The maximum Gasteiger partial charge on any atom is 0.315 e. The summed E-state index contributed by atoms with van der Waals surface area (Å²) >= 11 is 1.78. The standard InChI is InChI=1S/C36H57N4O2S.HI/c1-6-7-8-9-10-11-12-13-14-15-16-19-22-36(3,4)35(41)42-28-40(5)25-23-39(24-26-40)33-30-27-29(2)43-34(30)38-32-21-18-17-20-31(32)37-33;/h17-18,20-21,27,38H,6-16,19,22-26,28H2,1-5H3;1H/q+1;/p-1. The number of piperazine rings is 1. The highest BCUT2D eigenvalue weighted by atomic mass is 127. The fourth-order valence-corrected chi connectivity index (χ4v) is 7.12. The van der Waals surface area contributed by atoms with Crippen molar-refractivity contribution in [2.75, 3.05) is 45.3 Å². The summed E-state index contributed by atoms with van der Waals surface area (Å²) in [4.78, 5) is 21.9. The third kappa shape index (κ3) is 10.7. The summed E-state index contributed by atoms with van der Waals surface area (Å²) in [7, 11) is 2.22. The summed E-state index contributed by atoms with van der Waals surface area (Å²) in [5.74, 6) is 0.996. The van der Waals surface area contributed by atoms with E-state index in [1.807, 2.05) is 6.07 Å². The van der Waals surface area contributed by atoms with Crippen LogP contribution in [0.25, 0.3) is 0 Å². The number of aryl methyl sites for hydroxylation is 1. The Morgan fingerprint density at radius 2 is 1.57 bits per heavy atom. The van der Waals surface area contributed by atoms with Crippen molar-refractivity contribution in [3.8, 4) is 0 Å². The van der Waals surface area contributed by atoms with Gasteiger partial charge < -0.3 is 38.9 Å². The number of unbranched alkanes of at least 4 members (excludes halogenated alkanes) is 11. The first-order chi connectivity index (χ1) is 20.7. The second kappa shape index (κ2) is 17.9. The van der Waals surface area contributed by atoms with E-state index in [-0.39, 0.29) is 29.9 Å². The molecule has 0 aliphatic carbocycles. The number of carbonyl (C=O) groups is 1. The Labute approximate surface area is 288 Å². The molecule has 8 heteroatoms. The molecule has 0 spiro atoms. The molecule has 1 fully saturated rings. The monoisotopic (exact) mass is 736 g/mol. The first-order valence-corrected chi connectivity index (χ1v) is 17.8. The Kier molecular flexibility index (Phi) is 15.0. The molecule has 44 heavy (non-hydrogen) atoms. The topological polar surface area (TPSA) is 53.9 Å². The zero-order valence-electron chi connectivity index (χ0n) is 28.1. The predicted octanol–water partition coefficient (Wildman–Crippen LogP) is 6.58. The number of para-hydroxylation sites is 2. The van der Waals surface area contributed by atoms with Gasteiger partial charge in [-0.15, -0.1) is 11.3 Å². The predicted molar refractivity (Wildman–Crippen MR) is 183 cm³/mol. The Morgan fingerprint density at radius 3 is 2.20 bits per heavy atom. The number of ether oxygens (including phenoxy) is 1. The molecule has 0 bridgehead atoms. The van der Waals surface area contributed by atoms with Crippen molar-refractivity contribution >= 4 is 39.5 Å². The molecule has 2 aliphatic heterocycles. The highest BCUT2D eigenvalue weighted by Gasteiger charge is 2.36. The van der Waals surface area contributed by atoms with Crippen LogP contribution in [0.4, 0.5) is 16.4 Å². The van der Waals surface area contributed by atoms with Gasteiger partial charge in [0, 0.05) is 4.88 Å². The van der Waals surface area contributed by atoms with E-state index in [4.69, 9.17) is 9.73 Å². The quantitative estimate of drug-likeness (QED) is 0.0917. The molecule has 246 valence electrons. The molecule has 0 saturated carbocycles. The van der Waals surface area contributed by atoms with Gasteiger partial charge in [0.15, 0.2) is 0 Å². The normalized spacial score (nSPS) is 15.8. The van der Waals surface area contributed by atoms with Gasteiger partial charge in [-0.3, -0.25) is 9.28 Å². The molecule has 2 aliphatic rings. The fourth-order valence-electron chi connectivity index (χ4n) is 6.20. The second-order valence-corrected chi connectivity index (χ2v) is 15.1. The van der Waals surface area contributed by atoms with Crippen LogP contribution in [0.15, 0.2) is 35.3 Å². The van der Waals surface area contributed by atoms with E-state index >= 15 is 0 Å². The van der Waals surface area contributed by atoms with E-state index in [1.165, 1.54) is 81.1 Å². The van der Waals surface area contributed by atoms with Crippen molar-refractivity contribution < 1.29 is 38.0 Å². The lowest BCUT2D eigenvalue weighted by Crippen LogP contribution is -3.00. The molecular formula is C36H57IN4O2S. The lowest BCUT2D eigenvalue weighted by atomic mass is 9.87. The van der Waals surface area contributed by atoms with E-state index in [9.17, 15) is 4.79 Å². The SMILES string of the molecule is CCCCCCCCCCCCCCC(C)(C)C(=O)OC[N+]1(C)CCN(C2=Nc3ccccc3Nc3sc(C)cc32)CC1.[I-]. The summed E-state index contributed by atoms with van der Waals surface area (Å²) < 4.78 is 6.73. The molecular weight excluding hydrogens is 679 g/mol. The number of carbonyl (C=O) groups excluding carboxylic acids is 1. The van der Waals surface area contributed by atoms with Crippen LogP contribution in [0.3, 0.4) is 0 Å². The van der Waals surface area contributed by atoms with E-state index < -0.39 is 5.41 Å². The lowest BCUT2D eigenvalue weighted by molar-refractivity contribution is -0.929. The van der Waals surface area contributed by atoms with Crippen LogP contribution in [0, 0.1) is 12.3 Å². The number of aliphatic imine (C=N–C) groups is 1. The Hall–Kier alpha value is -1.65. The molecule has 1 saturated heterocycles. The van der Waals surface area contributed by atoms with E-state index in [0.717, 1.165) is 65.7 Å². The van der Waals surface area contributed by atoms with Gasteiger partial charge in [-0.05, 0) is 45.4 Å². The van der Waals surface area contributed by atoms with Crippen molar-refractivity contribution in [3.05, 3.63) is 40.8 Å². The average molecular weight is 737 g/mol. The van der Waals surface area contributed by atoms with E-state index in [1.54, 1.807) is 11.3 Å². The Morgan fingerprint density at radius 1 is 0.977 bits per heavy atom. The third-order valence-electron chi connectivity index (χ3n) is 9.31. The Bertz CT molecular complexity index is 1200. The number of likely N-dealkylation sites (N-methyl/N-ethyl adjacent to an activating group) is 1. The molecule has 3 heterocycles. The third-order valence-corrected chi connectivity index (χ3v) is 10.3. The summed E-state index contributed by atoms with van der Waals surface area (Å²) in [5, 5.41) is 4.77. The number of hydrogen-bond donors (Lipinski definition) is 1. The van der Waals surface area contributed by atoms with Gasteiger partial charge in [-0.1, -0.05) is 96.1 Å². The molecule has 1 aromatic carbocycles. The van der Waals surface area contributed by atoms with Crippen molar-refractivity contribution in [1.29, 1.82) is 0 Å². The number of rotatable bonds is 16. The highest BCUT2D eigenvalue weighted by Crippen LogP contribution is 2.39. The minimum Gasteiger partial charge on any atom is -1.00 e. The smallest absolute Gasteiger partial charge is 0.315 e. The molecule has 1 N–H and O–H groups in total. The number of fused-ring (bicyclic) bond motifs is 2. The van der Waals surface area contributed by atoms with Gasteiger partial charge in [0.25, 0.3) is 0 Å². The zero-order valence-corrected chi connectivity index (χ0v) is 31.0. The number of amidine groups is 1. The fraction of sp³-hybridized carbons (Fsp3) is 0.667. The van der Waals surface area contributed by atoms with Crippen molar-refractivity contribution in [2.24, 2.45) is 10.4 Å². The van der Waals surface area contributed by atoms with Crippen LogP contribution in [-0.2, 0) is 9.53 Å². The second-order valence-electron chi connectivity index (χ2n) is 13.8. The Balaban J connectivity index is 0.00000529. The number of thiophene rings is 1. The van der Waals surface area contributed by atoms with Gasteiger partial charge in [0.2, 0.25) is 6.73 Å². The largest absolute Gasteiger partial charge is 1.00 e. The van der Waals surface area contributed by atoms with Gasteiger partial charge in [0.1, 0.15) is 10.8 Å². The van der Waals surface area contributed by atoms with Crippen LogP contribution in [0.2, 0.25) is 0 Å². The molecule has 0 unspecified atom stereocenters. The first kappa shape index (κ1) is 36.8. The van der Waals surface area contributed by atoms with Crippen molar-refractivity contribution in [1.82, 2.24) is 4.90 Å². The van der Waals surface area contributed by atoms with E-state index in [0.29, 0.717) is 6.73 Å². The number of benzene rings is 1. The highest BCUT2D eigenvalue weighted by molar-refractivity contribution is 7.16. The van der Waals surface area contributed by atoms with Crippen LogP contribution < -0.4 is 29.3 Å². The minimum absolute atomic E-state index is 0. The van der Waals surface area contributed by atoms with Gasteiger partial charge in [-0.2, -0.15) is 0 Å². The van der Waals surface area contributed by atoms with Crippen LogP contribution in [0.1, 0.15) is 115 Å². The zero-order chi connectivity index (χ0) is 30.7. The number of esters is 1. The summed E-state index contributed by atoms with van der Waals surface area (Å²) in [6.07, 6.45) is 16.9. The van der Waals surface area contributed by atoms with Crippen molar-refractivity contribution in [2.45, 2.75) is 111 Å². The van der Waals surface area contributed by atoms with Gasteiger partial charge in [-0.25, -0.2) is 4.99 Å².